The second-order valence-electron chi connectivity index (χ2n) is 7.14. The quantitative estimate of drug-likeness (QED) is 0.725. The molecule has 0 radical (unpaired) electrons. The zero-order valence-electron chi connectivity index (χ0n) is 16.1. The van der Waals surface area contributed by atoms with Crippen molar-refractivity contribution in [2.75, 3.05) is 18.5 Å². The van der Waals surface area contributed by atoms with Gasteiger partial charge in [0.15, 0.2) is 0 Å². The molecule has 10 heteroatoms. The molecule has 3 amide bonds. The average Bonchev–Trinajstić information content (AvgIpc) is 3.32. The summed E-state index contributed by atoms with van der Waals surface area (Å²) in [5.41, 5.74) is 0.448. The van der Waals surface area contributed by atoms with E-state index in [0.717, 1.165) is 12.8 Å². The van der Waals surface area contributed by atoms with E-state index in [1.54, 1.807) is 5.32 Å². The molecule has 0 bridgehead atoms. The van der Waals surface area contributed by atoms with E-state index >= 15 is 0 Å². The molecule has 2 aromatic rings. The Kier molecular flexibility index (Phi) is 5.40. The van der Waals surface area contributed by atoms with Crippen molar-refractivity contribution in [3.8, 4) is 11.5 Å². The Morgan fingerprint density at radius 1 is 1.06 bits per heavy atom. The molecular formula is C21H17F3N2O5. The van der Waals surface area contributed by atoms with Gasteiger partial charge in [0, 0.05) is 12.3 Å². The number of nitrogens with one attached hydrogen (secondary N) is 1. The predicted octanol–water partition coefficient (Wildman–Crippen LogP) is 3.75. The fourth-order valence-electron chi connectivity index (χ4n) is 3.44. The maximum absolute atomic E-state index is 12.7. The van der Waals surface area contributed by atoms with Crippen molar-refractivity contribution in [3.05, 3.63) is 53.6 Å². The average molecular weight is 434 g/mol. The molecule has 0 spiro atoms. The van der Waals surface area contributed by atoms with E-state index in [9.17, 15) is 27.6 Å². The third-order valence-corrected chi connectivity index (χ3v) is 4.96. The van der Waals surface area contributed by atoms with Crippen molar-refractivity contribution in [2.45, 2.75) is 25.1 Å². The molecule has 162 valence electrons. The number of rotatable bonds is 5. The van der Waals surface area contributed by atoms with Crippen LogP contribution < -0.4 is 10.1 Å². The number of imide groups is 1. The monoisotopic (exact) mass is 434 g/mol. The van der Waals surface area contributed by atoms with Crippen LogP contribution >= 0.6 is 0 Å². The van der Waals surface area contributed by atoms with E-state index in [0.29, 0.717) is 6.61 Å². The van der Waals surface area contributed by atoms with Crippen molar-refractivity contribution >= 4 is 23.4 Å². The number of fused-ring (bicyclic) bond motifs is 1. The molecule has 1 atom stereocenters. The molecule has 0 aromatic heterocycles. The first-order valence-corrected chi connectivity index (χ1v) is 9.50. The van der Waals surface area contributed by atoms with Crippen LogP contribution in [0.5, 0.6) is 11.5 Å². The molecule has 2 aromatic carbocycles. The van der Waals surface area contributed by atoms with Gasteiger partial charge in [0.25, 0.3) is 11.8 Å². The molecule has 0 unspecified atom stereocenters. The van der Waals surface area contributed by atoms with Crippen molar-refractivity contribution < 1.29 is 37.0 Å². The minimum absolute atomic E-state index is 0.0471. The molecule has 31 heavy (non-hydrogen) atoms. The summed E-state index contributed by atoms with van der Waals surface area (Å²) in [6, 6.07) is 9.72. The molecule has 1 fully saturated rings. The Bertz CT molecular complexity index is 1030. The normalized spacial score (nSPS) is 18.3. The molecule has 1 saturated heterocycles. The Labute approximate surface area is 174 Å². The predicted molar refractivity (Wildman–Crippen MR) is 102 cm³/mol. The summed E-state index contributed by atoms with van der Waals surface area (Å²) < 4.78 is 48.1. The van der Waals surface area contributed by atoms with E-state index in [1.807, 2.05) is 0 Å². The number of carbonyl (C=O) groups excluding carboxylic acids is 3. The number of carbonyl (C=O) groups is 3. The van der Waals surface area contributed by atoms with Crippen LogP contribution in [0.4, 0.5) is 18.9 Å². The van der Waals surface area contributed by atoms with Gasteiger partial charge in [-0.05, 0) is 55.3 Å². The minimum atomic E-state index is -4.98. The smallest absolute Gasteiger partial charge is 0.457 e. The molecular weight excluding hydrogens is 417 g/mol. The van der Waals surface area contributed by atoms with Crippen LogP contribution in [0, 0.1) is 0 Å². The highest BCUT2D eigenvalue weighted by atomic mass is 19.4. The molecule has 0 saturated carbocycles. The standard InChI is InChI=1S/C21H17F3N2O5/c22-21(23,24)20(29)25-12-3-5-13(6-4-12)31-14-7-8-16-17(10-14)19(28)26(18(16)27)11-15-2-1-9-30-15/h3-8,10,15H,1-2,9,11H2,(H,25,29)/t15-/m1/s1. The molecule has 7 nitrogen and oxygen atoms in total. The number of hydrogen-bond donors (Lipinski definition) is 1. The Morgan fingerprint density at radius 2 is 1.74 bits per heavy atom. The number of nitrogens with zero attached hydrogens (tertiary/aromatic N) is 1. The minimum Gasteiger partial charge on any atom is -0.457 e. The summed E-state index contributed by atoms with van der Waals surface area (Å²) in [5, 5.41) is 1.73. The second-order valence-corrected chi connectivity index (χ2v) is 7.14. The SMILES string of the molecule is O=C1c2ccc(Oc3ccc(NC(=O)C(F)(F)F)cc3)cc2C(=O)N1C[C@H]1CCCO1. The van der Waals surface area contributed by atoms with Gasteiger partial charge in [0.1, 0.15) is 11.5 Å². The van der Waals surface area contributed by atoms with Gasteiger partial charge in [-0.25, -0.2) is 0 Å². The zero-order valence-corrected chi connectivity index (χ0v) is 16.1. The highest BCUT2D eigenvalue weighted by Crippen LogP contribution is 2.31. The first-order valence-electron chi connectivity index (χ1n) is 9.50. The second kappa shape index (κ2) is 8.03. The van der Waals surface area contributed by atoms with Crippen molar-refractivity contribution in [2.24, 2.45) is 0 Å². The Balaban J connectivity index is 1.44. The summed E-state index contributed by atoms with van der Waals surface area (Å²) >= 11 is 0. The number of amides is 3. The third-order valence-electron chi connectivity index (χ3n) is 4.96. The van der Waals surface area contributed by atoms with E-state index in [1.165, 1.54) is 47.4 Å². The van der Waals surface area contributed by atoms with Crippen LogP contribution in [0.2, 0.25) is 0 Å². The molecule has 2 aliphatic heterocycles. The summed E-state index contributed by atoms with van der Waals surface area (Å²) in [7, 11) is 0. The van der Waals surface area contributed by atoms with E-state index in [4.69, 9.17) is 9.47 Å². The number of ether oxygens (including phenoxy) is 2. The number of halogens is 3. The van der Waals surface area contributed by atoms with Crippen LogP contribution in [0.25, 0.3) is 0 Å². The maximum Gasteiger partial charge on any atom is 0.471 e. The first-order chi connectivity index (χ1) is 14.7. The highest BCUT2D eigenvalue weighted by molar-refractivity contribution is 6.21. The molecule has 1 N–H and O–H groups in total. The number of hydrogen-bond acceptors (Lipinski definition) is 5. The lowest BCUT2D eigenvalue weighted by Gasteiger charge is -2.17. The van der Waals surface area contributed by atoms with Gasteiger partial charge in [0.2, 0.25) is 0 Å². The highest BCUT2D eigenvalue weighted by Gasteiger charge is 2.39. The zero-order chi connectivity index (χ0) is 22.2. The third kappa shape index (κ3) is 4.38. The lowest BCUT2D eigenvalue weighted by molar-refractivity contribution is -0.167. The van der Waals surface area contributed by atoms with E-state index in [-0.39, 0.29) is 46.9 Å². The lowest BCUT2D eigenvalue weighted by atomic mass is 10.1. The van der Waals surface area contributed by atoms with Gasteiger partial charge in [0.05, 0.1) is 23.8 Å². The fraction of sp³-hybridized carbons (Fsp3) is 0.286. The van der Waals surface area contributed by atoms with Crippen molar-refractivity contribution in [3.63, 3.8) is 0 Å². The Morgan fingerprint density at radius 3 is 2.39 bits per heavy atom. The molecule has 2 heterocycles. The number of alkyl halides is 3. The van der Waals surface area contributed by atoms with Crippen LogP contribution in [0.3, 0.4) is 0 Å². The topological polar surface area (TPSA) is 84.9 Å². The van der Waals surface area contributed by atoms with Gasteiger partial charge < -0.3 is 14.8 Å². The molecule has 4 rings (SSSR count). The fourth-order valence-corrected chi connectivity index (χ4v) is 3.44. The van der Waals surface area contributed by atoms with Crippen LogP contribution in [0.15, 0.2) is 42.5 Å². The lowest BCUT2D eigenvalue weighted by Crippen LogP contribution is -2.36. The first kappa shape index (κ1) is 20.9. The Hall–Kier alpha value is -3.40. The van der Waals surface area contributed by atoms with Gasteiger partial charge in [-0.15, -0.1) is 0 Å². The summed E-state index contributed by atoms with van der Waals surface area (Å²) in [6.07, 6.45) is -3.46. The maximum atomic E-state index is 12.7. The van der Waals surface area contributed by atoms with Crippen molar-refractivity contribution in [1.82, 2.24) is 4.90 Å². The number of benzene rings is 2. The van der Waals surface area contributed by atoms with Crippen LogP contribution in [-0.4, -0.2) is 48.1 Å². The van der Waals surface area contributed by atoms with Gasteiger partial charge in [-0.3, -0.25) is 19.3 Å². The van der Waals surface area contributed by atoms with Crippen LogP contribution in [-0.2, 0) is 9.53 Å². The summed E-state index contributed by atoms with van der Waals surface area (Å²) in [6.45, 7) is 0.818. The van der Waals surface area contributed by atoms with Gasteiger partial charge in [-0.2, -0.15) is 13.2 Å². The van der Waals surface area contributed by atoms with Crippen LogP contribution in [0.1, 0.15) is 33.6 Å². The van der Waals surface area contributed by atoms with Gasteiger partial charge >= 0.3 is 12.1 Å². The molecule has 2 aliphatic rings. The summed E-state index contributed by atoms with van der Waals surface area (Å²) in [5.74, 6) is -2.32. The van der Waals surface area contributed by atoms with E-state index in [2.05, 4.69) is 0 Å². The van der Waals surface area contributed by atoms with E-state index < -0.39 is 18.0 Å². The molecule has 0 aliphatic carbocycles. The largest absolute Gasteiger partial charge is 0.471 e. The van der Waals surface area contributed by atoms with Crippen molar-refractivity contribution in [1.29, 1.82) is 0 Å². The summed E-state index contributed by atoms with van der Waals surface area (Å²) in [4.78, 5) is 37.4. The number of anilines is 1. The van der Waals surface area contributed by atoms with Gasteiger partial charge in [-0.1, -0.05) is 0 Å².